The van der Waals surface area contributed by atoms with E-state index >= 15 is 0 Å². The summed E-state index contributed by atoms with van der Waals surface area (Å²) in [6.45, 7) is 1.79. The summed E-state index contributed by atoms with van der Waals surface area (Å²) in [6, 6.07) is 0. The van der Waals surface area contributed by atoms with Gasteiger partial charge in [0.2, 0.25) is 0 Å². The molecule has 0 fully saturated rings. The van der Waals surface area contributed by atoms with E-state index < -0.39 is 5.97 Å². The van der Waals surface area contributed by atoms with Gasteiger partial charge in [0.25, 0.3) is 0 Å². The van der Waals surface area contributed by atoms with Crippen molar-refractivity contribution in [2.75, 3.05) is 0 Å². The molecule has 1 aliphatic carbocycles. The number of carbonyl (C=O) groups is 1. The van der Waals surface area contributed by atoms with E-state index in [2.05, 4.69) is 4.98 Å². The zero-order valence-corrected chi connectivity index (χ0v) is 7.41. The molecule has 0 saturated heterocycles. The van der Waals surface area contributed by atoms with Crippen molar-refractivity contribution in [2.45, 2.75) is 32.1 Å². The summed E-state index contributed by atoms with van der Waals surface area (Å²) in [5.74, 6) is 0.812. The van der Waals surface area contributed by atoms with E-state index in [1.54, 1.807) is 6.92 Å². The number of oxazole rings is 1. The first-order chi connectivity index (χ1) is 6.16. The van der Waals surface area contributed by atoms with Crippen LogP contribution in [0.3, 0.4) is 0 Å². The Morgan fingerprint density at radius 2 is 2.54 bits per heavy atom. The second kappa shape index (κ2) is 2.87. The Morgan fingerprint density at radius 3 is 3.23 bits per heavy atom. The Morgan fingerprint density at radius 1 is 1.77 bits per heavy atom. The molecule has 13 heavy (non-hydrogen) atoms. The van der Waals surface area contributed by atoms with Crippen molar-refractivity contribution >= 4 is 5.97 Å². The summed E-state index contributed by atoms with van der Waals surface area (Å²) in [7, 11) is 0. The molecule has 2 rings (SSSR count). The molecule has 1 heterocycles. The Hall–Kier alpha value is -1.32. The fourth-order valence-corrected chi connectivity index (χ4v) is 1.84. The maximum Gasteiger partial charge on any atom is 0.304 e. The lowest BCUT2D eigenvalue weighted by molar-refractivity contribution is -0.137. The molecule has 0 spiro atoms. The van der Waals surface area contributed by atoms with Gasteiger partial charge < -0.3 is 9.52 Å². The van der Waals surface area contributed by atoms with Crippen molar-refractivity contribution in [2.24, 2.45) is 0 Å². The summed E-state index contributed by atoms with van der Waals surface area (Å²) >= 11 is 0. The highest BCUT2D eigenvalue weighted by atomic mass is 16.4. The Balaban J connectivity index is 2.22. The standard InChI is InChI=1S/C9H11NO3/c1-5-10-9-6(4-8(11)12)2-3-7(9)13-5/h6H,2-4H2,1H3,(H,11,12). The van der Waals surface area contributed by atoms with Gasteiger partial charge in [-0.15, -0.1) is 0 Å². The van der Waals surface area contributed by atoms with Gasteiger partial charge in [-0.25, -0.2) is 4.98 Å². The van der Waals surface area contributed by atoms with Crippen LogP contribution in [0, 0.1) is 6.92 Å². The quantitative estimate of drug-likeness (QED) is 0.750. The number of rotatable bonds is 2. The van der Waals surface area contributed by atoms with E-state index in [0.717, 1.165) is 24.3 Å². The Bertz CT molecular complexity index is 343. The molecule has 0 saturated carbocycles. The second-order valence-electron chi connectivity index (χ2n) is 3.37. The summed E-state index contributed by atoms with van der Waals surface area (Å²) in [5, 5.41) is 8.65. The average Bonchev–Trinajstić information content (AvgIpc) is 2.51. The molecule has 1 N–H and O–H groups in total. The van der Waals surface area contributed by atoms with Crippen LogP contribution in [0.5, 0.6) is 0 Å². The number of nitrogens with zero attached hydrogens (tertiary/aromatic N) is 1. The first-order valence-corrected chi connectivity index (χ1v) is 4.35. The van der Waals surface area contributed by atoms with Gasteiger partial charge in [-0.3, -0.25) is 4.79 Å². The van der Waals surface area contributed by atoms with E-state index in [1.165, 1.54) is 0 Å². The monoisotopic (exact) mass is 181 g/mol. The van der Waals surface area contributed by atoms with Gasteiger partial charge in [0.05, 0.1) is 12.1 Å². The smallest absolute Gasteiger partial charge is 0.304 e. The molecule has 1 aliphatic rings. The molecule has 1 unspecified atom stereocenters. The van der Waals surface area contributed by atoms with Gasteiger partial charge in [-0.05, 0) is 6.42 Å². The normalized spacial score (nSPS) is 20.2. The number of carboxylic acid groups (broad SMARTS) is 1. The van der Waals surface area contributed by atoms with Crippen molar-refractivity contribution in [1.82, 2.24) is 4.98 Å². The van der Waals surface area contributed by atoms with Gasteiger partial charge in [0.15, 0.2) is 5.89 Å². The van der Waals surface area contributed by atoms with Gasteiger partial charge in [0, 0.05) is 19.3 Å². The van der Waals surface area contributed by atoms with Gasteiger partial charge in [-0.1, -0.05) is 0 Å². The first-order valence-electron chi connectivity index (χ1n) is 4.35. The van der Waals surface area contributed by atoms with Crippen LogP contribution in [0.15, 0.2) is 4.42 Å². The second-order valence-corrected chi connectivity index (χ2v) is 3.37. The van der Waals surface area contributed by atoms with E-state index in [9.17, 15) is 4.79 Å². The minimum atomic E-state index is -0.765. The van der Waals surface area contributed by atoms with E-state index in [4.69, 9.17) is 9.52 Å². The number of hydrogen-bond donors (Lipinski definition) is 1. The number of aliphatic carboxylic acids is 1. The van der Waals surface area contributed by atoms with Crippen molar-refractivity contribution in [1.29, 1.82) is 0 Å². The van der Waals surface area contributed by atoms with E-state index in [1.807, 2.05) is 0 Å². The molecule has 70 valence electrons. The molecule has 1 aromatic heterocycles. The van der Waals surface area contributed by atoms with E-state index in [-0.39, 0.29) is 12.3 Å². The van der Waals surface area contributed by atoms with Crippen molar-refractivity contribution in [3.05, 3.63) is 17.3 Å². The lowest BCUT2D eigenvalue weighted by Gasteiger charge is -2.02. The minimum Gasteiger partial charge on any atom is -0.481 e. The third-order valence-electron chi connectivity index (χ3n) is 2.36. The van der Waals surface area contributed by atoms with Crippen LogP contribution in [0.4, 0.5) is 0 Å². The highest BCUT2D eigenvalue weighted by Crippen LogP contribution is 2.35. The highest BCUT2D eigenvalue weighted by Gasteiger charge is 2.29. The zero-order valence-electron chi connectivity index (χ0n) is 7.41. The fourth-order valence-electron chi connectivity index (χ4n) is 1.84. The fraction of sp³-hybridized carbons (Fsp3) is 0.556. The zero-order chi connectivity index (χ0) is 9.42. The maximum absolute atomic E-state index is 10.5. The van der Waals surface area contributed by atoms with Crippen molar-refractivity contribution in [3.63, 3.8) is 0 Å². The van der Waals surface area contributed by atoms with Gasteiger partial charge in [0.1, 0.15) is 5.76 Å². The summed E-state index contributed by atoms with van der Waals surface area (Å²) in [6.07, 6.45) is 1.85. The average molecular weight is 181 g/mol. The number of hydrogen-bond acceptors (Lipinski definition) is 3. The maximum atomic E-state index is 10.5. The SMILES string of the molecule is Cc1nc2c(o1)CCC2CC(=O)O. The Labute approximate surface area is 75.6 Å². The van der Waals surface area contributed by atoms with Crippen LogP contribution in [-0.4, -0.2) is 16.1 Å². The Kier molecular flexibility index (Phi) is 1.83. The number of fused-ring (bicyclic) bond motifs is 1. The lowest BCUT2D eigenvalue weighted by Crippen LogP contribution is -2.03. The predicted molar refractivity (Wildman–Crippen MR) is 44.6 cm³/mol. The van der Waals surface area contributed by atoms with Crippen molar-refractivity contribution in [3.8, 4) is 0 Å². The van der Waals surface area contributed by atoms with E-state index in [0.29, 0.717) is 5.89 Å². The number of carboxylic acids is 1. The number of aryl methyl sites for hydroxylation is 2. The molecular weight excluding hydrogens is 170 g/mol. The molecular formula is C9H11NO3. The summed E-state index contributed by atoms with van der Waals surface area (Å²) in [4.78, 5) is 14.7. The van der Waals surface area contributed by atoms with Gasteiger partial charge in [-0.2, -0.15) is 0 Å². The molecule has 0 amide bonds. The largest absolute Gasteiger partial charge is 0.481 e. The first kappa shape index (κ1) is 8.29. The summed E-state index contributed by atoms with van der Waals surface area (Å²) < 4.78 is 5.33. The van der Waals surface area contributed by atoms with Crippen LogP contribution in [0.25, 0.3) is 0 Å². The van der Waals surface area contributed by atoms with Crippen LogP contribution in [0.2, 0.25) is 0 Å². The molecule has 4 nitrogen and oxygen atoms in total. The minimum absolute atomic E-state index is 0.0601. The molecule has 0 aliphatic heterocycles. The van der Waals surface area contributed by atoms with Crippen LogP contribution in [0.1, 0.15) is 36.1 Å². The van der Waals surface area contributed by atoms with Crippen LogP contribution >= 0.6 is 0 Å². The third kappa shape index (κ3) is 1.43. The molecule has 0 radical (unpaired) electrons. The third-order valence-corrected chi connectivity index (χ3v) is 2.36. The highest BCUT2D eigenvalue weighted by molar-refractivity contribution is 5.68. The molecule has 0 aromatic carbocycles. The molecule has 4 heteroatoms. The topological polar surface area (TPSA) is 63.3 Å². The van der Waals surface area contributed by atoms with Crippen LogP contribution in [-0.2, 0) is 11.2 Å². The predicted octanol–water partition coefficient (Wildman–Crippen LogP) is 1.49. The number of aromatic nitrogens is 1. The summed E-state index contributed by atoms with van der Waals surface area (Å²) in [5.41, 5.74) is 0.861. The van der Waals surface area contributed by atoms with Gasteiger partial charge >= 0.3 is 5.97 Å². The lowest BCUT2D eigenvalue weighted by atomic mass is 10.0. The van der Waals surface area contributed by atoms with Crippen LogP contribution < -0.4 is 0 Å². The molecule has 1 aromatic rings. The molecule has 1 atom stereocenters. The molecule has 0 bridgehead atoms. The van der Waals surface area contributed by atoms with Crippen molar-refractivity contribution < 1.29 is 14.3 Å².